The zero-order valence-corrected chi connectivity index (χ0v) is 11.3. The minimum atomic E-state index is -0.213. The third-order valence-electron chi connectivity index (χ3n) is 4.15. The van der Waals surface area contributed by atoms with Gasteiger partial charge in [-0.15, -0.1) is 0 Å². The van der Waals surface area contributed by atoms with Gasteiger partial charge >= 0.3 is 0 Å². The summed E-state index contributed by atoms with van der Waals surface area (Å²) in [5.41, 5.74) is 0.843. The summed E-state index contributed by atoms with van der Waals surface area (Å²) in [5.74, 6) is -0.213. The molecule has 2 unspecified atom stereocenters. The van der Waals surface area contributed by atoms with Crippen LogP contribution in [0.4, 0.5) is 10.1 Å². The van der Waals surface area contributed by atoms with Gasteiger partial charge < -0.3 is 4.90 Å². The van der Waals surface area contributed by atoms with E-state index in [1.54, 1.807) is 12.1 Å². The highest BCUT2D eigenvalue weighted by molar-refractivity contribution is 6.33. The second-order valence-corrected chi connectivity index (χ2v) is 5.80. The van der Waals surface area contributed by atoms with Gasteiger partial charge in [0.15, 0.2) is 0 Å². The van der Waals surface area contributed by atoms with E-state index in [0.717, 1.165) is 18.8 Å². The number of anilines is 1. The van der Waals surface area contributed by atoms with Crippen LogP contribution in [0, 0.1) is 5.82 Å². The number of halogens is 2. The first kappa shape index (κ1) is 12.2. The Balaban J connectivity index is 1.88. The fourth-order valence-electron chi connectivity index (χ4n) is 3.23. The summed E-state index contributed by atoms with van der Waals surface area (Å²) in [4.78, 5) is 4.81. The lowest BCUT2D eigenvalue weighted by Gasteiger charge is -2.44. The number of nitrogens with zero attached hydrogens (tertiary/aromatic N) is 2. The topological polar surface area (TPSA) is 6.48 Å². The van der Waals surface area contributed by atoms with Crippen LogP contribution >= 0.6 is 11.6 Å². The molecule has 4 heteroatoms. The molecule has 2 nitrogen and oxygen atoms in total. The maximum Gasteiger partial charge on any atom is 0.125 e. The van der Waals surface area contributed by atoms with E-state index in [1.165, 1.54) is 25.5 Å². The molecule has 0 saturated carbocycles. The monoisotopic (exact) mass is 268 g/mol. The summed E-state index contributed by atoms with van der Waals surface area (Å²) in [5, 5.41) is 0.648. The Labute approximate surface area is 112 Å². The lowest BCUT2D eigenvalue weighted by molar-refractivity contribution is 0.203. The van der Waals surface area contributed by atoms with Gasteiger partial charge in [0.25, 0.3) is 0 Å². The van der Waals surface area contributed by atoms with Crippen LogP contribution in [-0.4, -0.2) is 36.6 Å². The summed E-state index contributed by atoms with van der Waals surface area (Å²) in [6, 6.07) is 5.63. The van der Waals surface area contributed by atoms with E-state index in [-0.39, 0.29) is 5.82 Å². The third kappa shape index (κ3) is 2.10. The molecule has 0 aliphatic carbocycles. The van der Waals surface area contributed by atoms with E-state index >= 15 is 0 Å². The highest BCUT2D eigenvalue weighted by Gasteiger charge is 2.35. The van der Waals surface area contributed by atoms with Crippen LogP contribution in [0.5, 0.6) is 0 Å². The summed E-state index contributed by atoms with van der Waals surface area (Å²) in [6.45, 7) is 5.41. The summed E-state index contributed by atoms with van der Waals surface area (Å²) in [7, 11) is 0. The highest BCUT2D eigenvalue weighted by atomic mass is 35.5. The maximum atomic E-state index is 13.4. The Bertz CT molecular complexity index is 451. The van der Waals surface area contributed by atoms with Crippen LogP contribution in [0.15, 0.2) is 18.2 Å². The molecule has 0 spiro atoms. The van der Waals surface area contributed by atoms with Gasteiger partial charge in [-0.2, -0.15) is 0 Å². The molecule has 3 rings (SSSR count). The SMILES string of the molecule is CC1CN2CCCC2CN1c1cc(F)ccc1Cl. The molecule has 2 atom stereocenters. The molecule has 18 heavy (non-hydrogen) atoms. The van der Waals surface area contributed by atoms with E-state index in [4.69, 9.17) is 11.6 Å². The van der Waals surface area contributed by atoms with Crippen molar-refractivity contribution in [3.8, 4) is 0 Å². The minimum Gasteiger partial charge on any atom is -0.365 e. The van der Waals surface area contributed by atoms with Crippen LogP contribution in [-0.2, 0) is 0 Å². The van der Waals surface area contributed by atoms with Crippen molar-refractivity contribution in [1.29, 1.82) is 0 Å². The molecule has 2 fully saturated rings. The first-order valence-corrected chi connectivity index (χ1v) is 6.98. The first-order valence-electron chi connectivity index (χ1n) is 6.61. The second-order valence-electron chi connectivity index (χ2n) is 5.39. The minimum absolute atomic E-state index is 0.213. The molecule has 0 aromatic heterocycles. The molecule has 2 aliphatic rings. The fourth-order valence-corrected chi connectivity index (χ4v) is 3.46. The summed E-state index contributed by atoms with van der Waals surface area (Å²) < 4.78 is 13.4. The van der Waals surface area contributed by atoms with Crippen LogP contribution in [0.25, 0.3) is 0 Å². The van der Waals surface area contributed by atoms with Gasteiger partial charge in [0.2, 0.25) is 0 Å². The van der Waals surface area contributed by atoms with E-state index in [9.17, 15) is 4.39 Å². The summed E-state index contributed by atoms with van der Waals surface area (Å²) >= 11 is 6.22. The molecule has 1 aromatic carbocycles. The molecule has 0 bridgehead atoms. The quantitative estimate of drug-likeness (QED) is 0.772. The first-order chi connectivity index (χ1) is 8.65. The van der Waals surface area contributed by atoms with Gasteiger partial charge in [-0.25, -0.2) is 4.39 Å². The van der Waals surface area contributed by atoms with Crippen LogP contribution in [0.3, 0.4) is 0 Å². The molecule has 0 N–H and O–H groups in total. The zero-order chi connectivity index (χ0) is 12.7. The van der Waals surface area contributed by atoms with Crippen molar-refractivity contribution in [2.24, 2.45) is 0 Å². The molecule has 2 aliphatic heterocycles. The fraction of sp³-hybridized carbons (Fsp3) is 0.571. The van der Waals surface area contributed by atoms with Crippen molar-refractivity contribution in [1.82, 2.24) is 4.90 Å². The Hall–Kier alpha value is -0.800. The van der Waals surface area contributed by atoms with Gasteiger partial charge in [-0.3, -0.25) is 4.90 Å². The van der Waals surface area contributed by atoms with Crippen molar-refractivity contribution in [2.45, 2.75) is 31.8 Å². The van der Waals surface area contributed by atoms with E-state index in [0.29, 0.717) is 17.1 Å². The number of piperazine rings is 1. The van der Waals surface area contributed by atoms with Gasteiger partial charge in [-0.05, 0) is 44.5 Å². The standard InChI is InChI=1S/C14H18ClFN2/c1-10-8-17-6-2-3-12(17)9-18(10)14-7-11(16)4-5-13(14)15/h4-5,7,10,12H,2-3,6,8-9H2,1H3. The molecular weight excluding hydrogens is 251 g/mol. The largest absolute Gasteiger partial charge is 0.365 e. The van der Waals surface area contributed by atoms with Gasteiger partial charge in [0.05, 0.1) is 10.7 Å². The predicted octanol–water partition coefficient (Wildman–Crippen LogP) is 3.15. The van der Waals surface area contributed by atoms with Crippen LogP contribution in [0.2, 0.25) is 5.02 Å². The molecule has 2 heterocycles. The zero-order valence-electron chi connectivity index (χ0n) is 10.6. The van der Waals surface area contributed by atoms with Crippen molar-refractivity contribution in [2.75, 3.05) is 24.5 Å². The second kappa shape index (κ2) is 4.71. The molecule has 0 radical (unpaired) electrons. The number of fused-ring (bicyclic) bond motifs is 1. The van der Waals surface area contributed by atoms with Gasteiger partial charge in [-0.1, -0.05) is 11.6 Å². The average Bonchev–Trinajstić information content (AvgIpc) is 2.78. The van der Waals surface area contributed by atoms with Crippen molar-refractivity contribution >= 4 is 17.3 Å². The number of hydrogen-bond donors (Lipinski definition) is 0. The average molecular weight is 269 g/mol. The Morgan fingerprint density at radius 2 is 2.17 bits per heavy atom. The van der Waals surface area contributed by atoms with Gasteiger partial charge in [0, 0.05) is 25.2 Å². The number of benzene rings is 1. The van der Waals surface area contributed by atoms with E-state index < -0.39 is 0 Å². The van der Waals surface area contributed by atoms with E-state index in [1.807, 2.05) is 0 Å². The normalized spacial score (nSPS) is 28.5. The Kier molecular flexibility index (Phi) is 3.20. The van der Waals surface area contributed by atoms with Gasteiger partial charge in [0.1, 0.15) is 5.82 Å². The van der Waals surface area contributed by atoms with E-state index in [2.05, 4.69) is 16.7 Å². The molecule has 0 amide bonds. The lowest BCUT2D eigenvalue weighted by Crippen LogP contribution is -2.55. The van der Waals surface area contributed by atoms with Crippen LogP contribution in [0.1, 0.15) is 19.8 Å². The Morgan fingerprint density at radius 3 is 3.00 bits per heavy atom. The molecule has 98 valence electrons. The molecular formula is C14H18ClFN2. The molecule has 1 aromatic rings. The third-order valence-corrected chi connectivity index (χ3v) is 4.47. The smallest absolute Gasteiger partial charge is 0.125 e. The molecule has 2 saturated heterocycles. The van der Waals surface area contributed by atoms with Crippen molar-refractivity contribution in [3.05, 3.63) is 29.0 Å². The highest BCUT2D eigenvalue weighted by Crippen LogP contribution is 2.33. The number of rotatable bonds is 1. The van der Waals surface area contributed by atoms with Crippen LogP contribution < -0.4 is 4.90 Å². The predicted molar refractivity (Wildman–Crippen MR) is 72.8 cm³/mol. The summed E-state index contributed by atoms with van der Waals surface area (Å²) in [6.07, 6.45) is 2.53. The van der Waals surface area contributed by atoms with Crippen molar-refractivity contribution < 1.29 is 4.39 Å². The maximum absolute atomic E-state index is 13.4. The number of hydrogen-bond acceptors (Lipinski definition) is 2. The Morgan fingerprint density at radius 1 is 1.33 bits per heavy atom. The lowest BCUT2D eigenvalue weighted by atomic mass is 10.1. The van der Waals surface area contributed by atoms with Crippen molar-refractivity contribution in [3.63, 3.8) is 0 Å².